The van der Waals surface area contributed by atoms with E-state index in [1.165, 1.54) is 24.3 Å². The summed E-state index contributed by atoms with van der Waals surface area (Å²) in [7, 11) is 0. The molecule has 2 aliphatic heterocycles. The van der Waals surface area contributed by atoms with Gasteiger partial charge >= 0.3 is 6.03 Å². The maximum atomic E-state index is 13.0. The van der Waals surface area contributed by atoms with Crippen molar-refractivity contribution in [3.05, 3.63) is 35.6 Å². The predicted molar refractivity (Wildman–Crippen MR) is 98.4 cm³/mol. The molecule has 2 N–H and O–H groups in total. The quantitative estimate of drug-likeness (QED) is 0.845. The molecule has 6 heteroatoms. The number of hydrogen-bond donors (Lipinski definition) is 2. The van der Waals surface area contributed by atoms with Crippen LogP contribution in [0.25, 0.3) is 0 Å². The number of carbonyl (C=O) groups is 2. The minimum Gasteiger partial charge on any atom is -0.349 e. The second-order valence-electron chi connectivity index (χ2n) is 7.86. The van der Waals surface area contributed by atoms with Gasteiger partial charge in [0.05, 0.1) is 0 Å². The number of nitrogens with zero attached hydrogens (tertiary/aromatic N) is 1. The number of halogens is 1. The molecule has 26 heavy (non-hydrogen) atoms. The van der Waals surface area contributed by atoms with Crippen molar-refractivity contribution >= 4 is 11.9 Å². The smallest absolute Gasteiger partial charge is 0.317 e. The van der Waals surface area contributed by atoms with Gasteiger partial charge in [0.2, 0.25) is 0 Å². The maximum absolute atomic E-state index is 13.0. The van der Waals surface area contributed by atoms with E-state index in [-0.39, 0.29) is 35.9 Å². The predicted octanol–water partition coefficient (Wildman–Crippen LogP) is 3.31. The topological polar surface area (TPSA) is 61.4 Å². The standard InChI is InChI=1S/C20H28FN3O2/c1-13(2)9-10-22-20(26)24-17-7-8-18(24)12-16(11-17)23-19(25)14-3-5-15(21)6-4-14/h3-6,13,16-18H,7-12H2,1-2H3,(H,22,26)(H,23,25)/t16?,17-,18+. The van der Waals surface area contributed by atoms with Gasteiger partial charge in [-0.3, -0.25) is 4.79 Å². The zero-order chi connectivity index (χ0) is 18.7. The first-order valence-corrected chi connectivity index (χ1v) is 9.56. The summed E-state index contributed by atoms with van der Waals surface area (Å²) < 4.78 is 13.0. The lowest BCUT2D eigenvalue weighted by Gasteiger charge is -2.39. The molecular formula is C20H28FN3O2. The second-order valence-corrected chi connectivity index (χ2v) is 7.86. The number of nitrogens with one attached hydrogen (secondary N) is 2. The molecule has 5 nitrogen and oxygen atoms in total. The van der Waals surface area contributed by atoms with Crippen molar-refractivity contribution in [2.45, 2.75) is 64.1 Å². The van der Waals surface area contributed by atoms with Crippen LogP contribution in [0.4, 0.5) is 9.18 Å². The van der Waals surface area contributed by atoms with E-state index in [0.717, 1.165) is 32.1 Å². The Hall–Kier alpha value is -2.11. The number of carbonyl (C=O) groups excluding carboxylic acids is 2. The number of hydrogen-bond acceptors (Lipinski definition) is 2. The van der Waals surface area contributed by atoms with Crippen LogP contribution < -0.4 is 10.6 Å². The fourth-order valence-corrected chi connectivity index (χ4v) is 4.06. The second kappa shape index (κ2) is 8.06. The van der Waals surface area contributed by atoms with Crippen LogP contribution >= 0.6 is 0 Å². The van der Waals surface area contributed by atoms with Gasteiger partial charge in [-0.05, 0) is 62.3 Å². The lowest BCUT2D eigenvalue weighted by molar-refractivity contribution is 0.0885. The van der Waals surface area contributed by atoms with Gasteiger partial charge in [0, 0.05) is 30.2 Å². The van der Waals surface area contributed by atoms with Gasteiger partial charge < -0.3 is 15.5 Å². The van der Waals surface area contributed by atoms with E-state index in [2.05, 4.69) is 24.5 Å². The molecule has 2 fully saturated rings. The Bertz CT molecular complexity index is 633. The van der Waals surface area contributed by atoms with Gasteiger partial charge in [0.25, 0.3) is 5.91 Å². The molecule has 2 saturated heterocycles. The fourth-order valence-electron chi connectivity index (χ4n) is 4.06. The molecule has 1 unspecified atom stereocenters. The Morgan fingerprint density at radius 1 is 1.15 bits per heavy atom. The van der Waals surface area contributed by atoms with Gasteiger partial charge in [-0.25, -0.2) is 9.18 Å². The summed E-state index contributed by atoms with van der Waals surface area (Å²) in [6.07, 6.45) is 4.52. The van der Waals surface area contributed by atoms with E-state index >= 15 is 0 Å². The van der Waals surface area contributed by atoms with E-state index in [0.29, 0.717) is 18.0 Å². The summed E-state index contributed by atoms with van der Waals surface area (Å²) in [5.41, 5.74) is 0.465. The average Bonchev–Trinajstić information content (AvgIpc) is 2.86. The molecule has 3 amide bonds. The number of piperidine rings is 1. The third-order valence-electron chi connectivity index (χ3n) is 5.41. The van der Waals surface area contributed by atoms with Gasteiger partial charge in [0.15, 0.2) is 0 Å². The Kier molecular flexibility index (Phi) is 5.79. The summed E-state index contributed by atoms with van der Waals surface area (Å²) in [5.74, 6) is 0.0417. The summed E-state index contributed by atoms with van der Waals surface area (Å²) in [6.45, 7) is 4.99. The third-order valence-corrected chi connectivity index (χ3v) is 5.41. The summed E-state index contributed by atoms with van der Waals surface area (Å²) in [5, 5.41) is 6.09. The molecule has 0 radical (unpaired) electrons. The molecule has 1 aromatic carbocycles. The van der Waals surface area contributed by atoms with Crippen LogP contribution in [-0.4, -0.2) is 41.5 Å². The highest BCUT2D eigenvalue weighted by Crippen LogP contribution is 2.35. The van der Waals surface area contributed by atoms with Gasteiger partial charge in [-0.2, -0.15) is 0 Å². The van der Waals surface area contributed by atoms with E-state index < -0.39 is 0 Å². The zero-order valence-corrected chi connectivity index (χ0v) is 15.5. The van der Waals surface area contributed by atoms with E-state index in [1.54, 1.807) is 0 Å². The molecule has 0 aromatic heterocycles. The van der Waals surface area contributed by atoms with Crippen molar-refractivity contribution in [2.75, 3.05) is 6.54 Å². The Balaban J connectivity index is 1.53. The monoisotopic (exact) mass is 361 g/mol. The summed E-state index contributed by atoms with van der Waals surface area (Å²) in [6, 6.07) is 6.04. The highest BCUT2D eigenvalue weighted by atomic mass is 19.1. The molecular weight excluding hydrogens is 333 g/mol. The van der Waals surface area contributed by atoms with Gasteiger partial charge in [-0.1, -0.05) is 13.8 Å². The number of urea groups is 1. The molecule has 2 heterocycles. The van der Waals surface area contributed by atoms with Gasteiger partial charge in [0.1, 0.15) is 5.82 Å². The fraction of sp³-hybridized carbons (Fsp3) is 0.600. The molecule has 1 aromatic rings. The number of rotatable bonds is 5. The first-order chi connectivity index (χ1) is 12.4. The Labute approximate surface area is 154 Å². The molecule has 2 bridgehead atoms. The van der Waals surface area contributed by atoms with Crippen molar-refractivity contribution in [3.63, 3.8) is 0 Å². The van der Waals surface area contributed by atoms with E-state index in [9.17, 15) is 14.0 Å². The van der Waals surface area contributed by atoms with E-state index in [1.807, 2.05) is 4.90 Å². The largest absolute Gasteiger partial charge is 0.349 e. The van der Waals surface area contributed by atoms with Crippen molar-refractivity contribution in [1.29, 1.82) is 0 Å². The first kappa shape index (κ1) is 18.7. The Morgan fingerprint density at radius 3 is 2.35 bits per heavy atom. The number of fused-ring (bicyclic) bond motifs is 2. The summed E-state index contributed by atoms with van der Waals surface area (Å²) >= 11 is 0. The van der Waals surface area contributed by atoms with Crippen molar-refractivity contribution in [3.8, 4) is 0 Å². The van der Waals surface area contributed by atoms with Crippen LogP contribution in [-0.2, 0) is 0 Å². The highest BCUT2D eigenvalue weighted by Gasteiger charge is 2.43. The summed E-state index contributed by atoms with van der Waals surface area (Å²) in [4.78, 5) is 26.9. The average molecular weight is 361 g/mol. The van der Waals surface area contributed by atoms with Crippen molar-refractivity contribution < 1.29 is 14.0 Å². The van der Waals surface area contributed by atoms with Crippen molar-refractivity contribution in [2.24, 2.45) is 5.92 Å². The van der Waals surface area contributed by atoms with Crippen LogP contribution in [0.5, 0.6) is 0 Å². The molecule has 142 valence electrons. The van der Waals surface area contributed by atoms with Crippen LogP contribution in [0.3, 0.4) is 0 Å². The number of benzene rings is 1. The van der Waals surface area contributed by atoms with Crippen LogP contribution in [0.2, 0.25) is 0 Å². The number of amides is 3. The molecule has 3 rings (SSSR count). The van der Waals surface area contributed by atoms with Crippen LogP contribution in [0.1, 0.15) is 56.3 Å². The maximum Gasteiger partial charge on any atom is 0.317 e. The lowest BCUT2D eigenvalue weighted by Crippen LogP contribution is -2.55. The van der Waals surface area contributed by atoms with E-state index in [4.69, 9.17) is 0 Å². The lowest BCUT2D eigenvalue weighted by atomic mass is 9.97. The van der Waals surface area contributed by atoms with Crippen molar-refractivity contribution in [1.82, 2.24) is 15.5 Å². The third kappa shape index (κ3) is 4.34. The molecule has 0 saturated carbocycles. The SMILES string of the molecule is CC(C)CCNC(=O)N1[C@@H]2CC[C@H]1CC(NC(=O)c1ccc(F)cc1)C2. The minimum absolute atomic E-state index is 0.0291. The molecule has 2 aliphatic rings. The molecule has 0 spiro atoms. The zero-order valence-electron chi connectivity index (χ0n) is 15.5. The normalized spacial score (nSPS) is 24.6. The Morgan fingerprint density at radius 2 is 1.77 bits per heavy atom. The highest BCUT2D eigenvalue weighted by molar-refractivity contribution is 5.94. The minimum atomic E-state index is -0.351. The first-order valence-electron chi connectivity index (χ1n) is 9.56. The van der Waals surface area contributed by atoms with Crippen LogP contribution in [0, 0.1) is 11.7 Å². The molecule has 3 atom stereocenters. The molecule has 0 aliphatic carbocycles. The van der Waals surface area contributed by atoms with Crippen LogP contribution in [0.15, 0.2) is 24.3 Å². The van der Waals surface area contributed by atoms with Gasteiger partial charge in [-0.15, -0.1) is 0 Å².